The van der Waals surface area contributed by atoms with E-state index in [4.69, 9.17) is 0 Å². The standard InChI is InChI=1S/C16H17N9/c1-11-2-3-14-19-20-16(25(14)21-11)12-6-8-23(9-7-12)15-5-4-13-18-17-10-24(13)22-15/h2-5,10,12H,6-9H2,1H3. The first-order chi connectivity index (χ1) is 12.3. The normalized spacial score (nSPS) is 16.1. The number of piperidine rings is 1. The van der Waals surface area contributed by atoms with Gasteiger partial charge in [0.1, 0.15) is 12.1 Å². The van der Waals surface area contributed by atoms with Gasteiger partial charge < -0.3 is 4.90 Å². The van der Waals surface area contributed by atoms with Crippen LogP contribution in [0.15, 0.2) is 30.6 Å². The Morgan fingerprint density at radius 2 is 1.76 bits per heavy atom. The van der Waals surface area contributed by atoms with Gasteiger partial charge in [0.25, 0.3) is 0 Å². The van der Waals surface area contributed by atoms with Crippen LogP contribution in [-0.4, -0.2) is 52.7 Å². The number of nitrogens with zero attached hydrogens (tertiary/aromatic N) is 9. The van der Waals surface area contributed by atoms with Gasteiger partial charge in [-0.15, -0.1) is 25.5 Å². The highest BCUT2D eigenvalue weighted by molar-refractivity contribution is 5.45. The number of aromatic nitrogens is 8. The van der Waals surface area contributed by atoms with Gasteiger partial charge in [0.05, 0.1) is 5.69 Å². The van der Waals surface area contributed by atoms with Crippen molar-refractivity contribution < 1.29 is 0 Å². The molecule has 126 valence electrons. The number of hydrogen-bond donors (Lipinski definition) is 0. The molecule has 0 aromatic carbocycles. The Bertz CT molecular complexity index is 1040. The summed E-state index contributed by atoms with van der Waals surface area (Å²) in [6, 6.07) is 7.87. The molecule has 1 fully saturated rings. The Morgan fingerprint density at radius 1 is 0.920 bits per heavy atom. The van der Waals surface area contributed by atoms with Crippen LogP contribution in [0.4, 0.5) is 5.82 Å². The van der Waals surface area contributed by atoms with E-state index in [1.54, 1.807) is 10.8 Å². The van der Waals surface area contributed by atoms with Crippen molar-refractivity contribution in [1.29, 1.82) is 0 Å². The van der Waals surface area contributed by atoms with E-state index in [1.807, 2.05) is 35.7 Å². The highest BCUT2D eigenvalue weighted by Crippen LogP contribution is 2.28. The molecule has 0 N–H and O–H groups in total. The van der Waals surface area contributed by atoms with E-state index in [-0.39, 0.29) is 0 Å². The first-order valence-electron chi connectivity index (χ1n) is 8.39. The number of anilines is 1. The molecule has 0 unspecified atom stereocenters. The zero-order valence-electron chi connectivity index (χ0n) is 13.8. The Balaban J connectivity index is 1.37. The maximum absolute atomic E-state index is 4.58. The summed E-state index contributed by atoms with van der Waals surface area (Å²) in [4.78, 5) is 2.29. The molecular formula is C16H17N9. The molecule has 0 amide bonds. The lowest BCUT2D eigenvalue weighted by molar-refractivity contribution is 0.473. The third-order valence-corrected chi connectivity index (χ3v) is 4.75. The molecule has 9 heteroatoms. The molecule has 0 atom stereocenters. The van der Waals surface area contributed by atoms with Gasteiger partial charge in [0.2, 0.25) is 0 Å². The SMILES string of the molecule is Cc1ccc2nnc(C3CCN(c4ccc5nncn5n4)CC3)n2n1. The summed E-state index contributed by atoms with van der Waals surface area (Å²) >= 11 is 0. The second-order valence-electron chi connectivity index (χ2n) is 6.39. The van der Waals surface area contributed by atoms with Gasteiger partial charge in [-0.05, 0) is 44.0 Å². The van der Waals surface area contributed by atoms with Crippen LogP contribution in [0.2, 0.25) is 0 Å². The predicted molar refractivity (Wildman–Crippen MR) is 90.5 cm³/mol. The van der Waals surface area contributed by atoms with E-state index in [2.05, 4.69) is 35.5 Å². The first kappa shape index (κ1) is 14.3. The number of rotatable bonds is 2. The fraction of sp³-hybridized carbons (Fsp3) is 0.375. The molecule has 0 bridgehead atoms. The van der Waals surface area contributed by atoms with Crippen LogP contribution in [0.3, 0.4) is 0 Å². The summed E-state index contributed by atoms with van der Waals surface area (Å²) in [5.74, 6) is 2.27. The Morgan fingerprint density at radius 3 is 2.64 bits per heavy atom. The summed E-state index contributed by atoms with van der Waals surface area (Å²) < 4.78 is 3.59. The largest absolute Gasteiger partial charge is 0.355 e. The molecular weight excluding hydrogens is 318 g/mol. The minimum Gasteiger partial charge on any atom is -0.355 e. The van der Waals surface area contributed by atoms with E-state index in [9.17, 15) is 0 Å². The van der Waals surface area contributed by atoms with Crippen molar-refractivity contribution in [2.45, 2.75) is 25.7 Å². The molecule has 1 saturated heterocycles. The molecule has 9 nitrogen and oxygen atoms in total. The number of fused-ring (bicyclic) bond motifs is 2. The quantitative estimate of drug-likeness (QED) is 0.544. The van der Waals surface area contributed by atoms with Gasteiger partial charge in [0, 0.05) is 19.0 Å². The van der Waals surface area contributed by atoms with E-state index >= 15 is 0 Å². The lowest BCUT2D eigenvalue weighted by atomic mass is 9.96. The number of aryl methyl sites for hydroxylation is 1. The van der Waals surface area contributed by atoms with Gasteiger partial charge in [-0.3, -0.25) is 0 Å². The van der Waals surface area contributed by atoms with E-state index in [0.717, 1.165) is 54.6 Å². The van der Waals surface area contributed by atoms with Crippen LogP contribution < -0.4 is 4.90 Å². The molecule has 1 aliphatic heterocycles. The van der Waals surface area contributed by atoms with E-state index in [0.29, 0.717) is 5.92 Å². The lowest BCUT2D eigenvalue weighted by Gasteiger charge is -2.31. The highest BCUT2D eigenvalue weighted by atomic mass is 15.4. The minimum atomic E-state index is 0.360. The molecule has 5 heterocycles. The first-order valence-corrected chi connectivity index (χ1v) is 8.39. The van der Waals surface area contributed by atoms with Crippen LogP contribution in [0.5, 0.6) is 0 Å². The van der Waals surface area contributed by atoms with Gasteiger partial charge in [-0.25, -0.2) is 0 Å². The van der Waals surface area contributed by atoms with E-state index < -0.39 is 0 Å². The van der Waals surface area contributed by atoms with Crippen molar-refractivity contribution >= 4 is 17.1 Å². The fourth-order valence-electron chi connectivity index (χ4n) is 3.41. The predicted octanol–water partition coefficient (Wildman–Crippen LogP) is 1.25. The molecule has 0 radical (unpaired) electrons. The summed E-state index contributed by atoms with van der Waals surface area (Å²) in [7, 11) is 0. The summed E-state index contributed by atoms with van der Waals surface area (Å²) in [6.45, 7) is 3.83. The van der Waals surface area contributed by atoms with Gasteiger partial charge >= 0.3 is 0 Å². The van der Waals surface area contributed by atoms with Crippen LogP contribution in [0.25, 0.3) is 11.3 Å². The molecule has 4 aromatic heterocycles. The van der Waals surface area contributed by atoms with Crippen molar-refractivity contribution in [3.8, 4) is 0 Å². The third kappa shape index (κ3) is 2.39. The molecule has 0 aliphatic carbocycles. The summed E-state index contributed by atoms with van der Waals surface area (Å²) in [5, 5.41) is 25.7. The van der Waals surface area contributed by atoms with Crippen molar-refractivity contribution in [1.82, 2.24) is 39.6 Å². The molecule has 5 rings (SSSR count). The maximum Gasteiger partial charge on any atom is 0.177 e. The topological polar surface area (TPSA) is 89.4 Å². The molecule has 25 heavy (non-hydrogen) atoms. The van der Waals surface area contributed by atoms with Crippen molar-refractivity contribution in [2.75, 3.05) is 18.0 Å². The smallest absolute Gasteiger partial charge is 0.177 e. The van der Waals surface area contributed by atoms with Gasteiger partial charge in [0.15, 0.2) is 17.1 Å². The highest BCUT2D eigenvalue weighted by Gasteiger charge is 2.26. The fourth-order valence-corrected chi connectivity index (χ4v) is 3.41. The Labute approximate surface area is 143 Å². The van der Waals surface area contributed by atoms with Crippen LogP contribution in [-0.2, 0) is 0 Å². The average Bonchev–Trinajstić information content (AvgIpc) is 3.27. The van der Waals surface area contributed by atoms with Crippen LogP contribution in [0, 0.1) is 6.92 Å². The zero-order valence-corrected chi connectivity index (χ0v) is 13.8. The summed E-state index contributed by atoms with van der Waals surface area (Å²) in [5.41, 5.74) is 2.54. The van der Waals surface area contributed by atoms with Crippen molar-refractivity contribution in [3.63, 3.8) is 0 Å². The zero-order chi connectivity index (χ0) is 16.8. The maximum atomic E-state index is 4.58. The van der Waals surface area contributed by atoms with Crippen molar-refractivity contribution in [2.24, 2.45) is 0 Å². The Hall–Kier alpha value is -3.10. The van der Waals surface area contributed by atoms with Crippen LogP contribution in [0.1, 0.15) is 30.3 Å². The molecule has 1 aliphatic rings. The lowest BCUT2D eigenvalue weighted by Crippen LogP contribution is -2.34. The monoisotopic (exact) mass is 335 g/mol. The average molecular weight is 335 g/mol. The third-order valence-electron chi connectivity index (χ3n) is 4.75. The second kappa shape index (κ2) is 5.47. The van der Waals surface area contributed by atoms with Gasteiger partial charge in [-0.1, -0.05) is 0 Å². The van der Waals surface area contributed by atoms with Crippen molar-refractivity contribution in [3.05, 3.63) is 42.1 Å². The molecule has 4 aromatic rings. The van der Waals surface area contributed by atoms with Gasteiger partial charge in [-0.2, -0.15) is 14.1 Å². The summed E-state index contributed by atoms with van der Waals surface area (Å²) in [6.07, 6.45) is 3.62. The molecule has 0 spiro atoms. The second-order valence-corrected chi connectivity index (χ2v) is 6.39. The Kier molecular flexibility index (Phi) is 3.12. The van der Waals surface area contributed by atoms with E-state index in [1.165, 1.54) is 0 Å². The minimum absolute atomic E-state index is 0.360. The van der Waals surface area contributed by atoms with Crippen LogP contribution >= 0.6 is 0 Å². The molecule has 0 saturated carbocycles. The number of hydrogen-bond acceptors (Lipinski definition) is 7.